The van der Waals surface area contributed by atoms with Crippen LogP contribution in [0.3, 0.4) is 0 Å². The molecule has 0 atom stereocenters. The van der Waals surface area contributed by atoms with E-state index in [4.69, 9.17) is 5.73 Å². The minimum absolute atomic E-state index is 0.531. The molecule has 0 radical (unpaired) electrons. The van der Waals surface area contributed by atoms with Gasteiger partial charge in [-0.15, -0.1) is 0 Å². The van der Waals surface area contributed by atoms with Gasteiger partial charge in [-0.05, 0) is 6.08 Å². The van der Waals surface area contributed by atoms with Crippen LogP contribution in [0, 0.1) is 0 Å². The standard InChI is InChI=1S/C10H12N4/c1-3-4-8(11)10(12-2)9-7-13-5-6-14-9/h3-7H,1,11H2,2H3/b8-4-,12-10?. The molecule has 1 aromatic heterocycles. The van der Waals surface area contributed by atoms with Crippen molar-refractivity contribution < 1.29 is 0 Å². The number of aliphatic imine (C=N–C) groups is 1. The summed E-state index contributed by atoms with van der Waals surface area (Å²) in [5, 5.41) is 0. The first-order valence-electron chi connectivity index (χ1n) is 4.11. The highest BCUT2D eigenvalue weighted by Gasteiger charge is 2.05. The van der Waals surface area contributed by atoms with Gasteiger partial charge in [0.2, 0.25) is 0 Å². The van der Waals surface area contributed by atoms with Crippen molar-refractivity contribution in [3.63, 3.8) is 0 Å². The second kappa shape index (κ2) is 4.91. The zero-order valence-corrected chi connectivity index (χ0v) is 8.01. The number of aromatic nitrogens is 2. The van der Waals surface area contributed by atoms with Crippen molar-refractivity contribution in [1.82, 2.24) is 9.97 Å². The highest BCUT2D eigenvalue weighted by Crippen LogP contribution is 2.00. The van der Waals surface area contributed by atoms with Gasteiger partial charge in [0.15, 0.2) is 0 Å². The van der Waals surface area contributed by atoms with Gasteiger partial charge in [0.1, 0.15) is 11.4 Å². The number of hydrogen-bond donors (Lipinski definition) is 1. The summed E-state index contributed by atoms with van der Waals surface area (Å²) in [6.45, 7) is 3.56. The maximum absolute atomic E-state index is 5.76. The number of rotatable bonds is 3. The Kier molecular flexibility index (Phi) is 3.55. The molecule has 0 aliphatic rings. The topological polar surface area (TPSA) is 64.2 Å². The van der Waals surface area contributed by atoms with Gasteiger partial charge in [-0.3, -0.25) is 15.0 Å². The Morgan fingerprint density at radius 3 is 2.86 bits per heavy atom. The zero-order valence-electron chi connectivity index (χ0n) is 8.01. The van der Waals surface area contributed by atoms with Crippen LogP contribution in [0.15, 0.2) is 48.0 Å². The van der Waals surface area contributed by atoms with Gasteiger partial charge in [-0.25, -0.2) is 0 Å². The first-order chi connectivity index (χ1) is 6.79. The van der Waals surface area contributed by atoms with Crippen LogP contribution in [0.2, 0.25) is 0 Å². The molecule has 0 amide bonds. The van der Waals surface area contributed by atoms with Crippen LogP contribution in [-0.4, -0.2) is 22.7 Å². The monoisotopic (exact) mass is 188 g/mol. The minimum atomic E-state index is 0.531. The van der Waals surface area contributed by atoms with Crippen molar-refractivity contribution >= 4 is 5.71 Å². The summed E-state index contributed by atoms with van der Waals surface area (Å²) in [5.74, 6) is 0. The van der Waals surface area contributed by atoms with E-state index in [-0.39, 0.29) is 0 Å². The SMILES string of the molecule is C=C/C=C(\N)C(=NC)c1cnccn1. The normalized spacial score (nSPS) is 12.6. The zero-order chi connectivity index (χ0) is 10.4. The molecule has 0 aliphatic heterocycles. The fourth-order valence-electron chi connectivity index (χ4n) is 1.02. The predicted molar refractivity (Wildman–Crippen MR) is 57.0 cm³/mol. The summed E-state index contributed by atoms with van der Waals surface area (Å²) in [6, 6.07) is 0. The van der Waals surface area contributed by atoms with Crippen LogP contribution in [-0.2, 0) is 0 Å². The van der Waals surface area contributed by atoms with Crippen LogP contribution in [0.4, 0.5) is 0 Å². The third-order valence-electron chi connectivity index (χ3n) is 1.60. The molecular weight excluding hydrogens is 176 g/mol. The van der Waals surface area contributed by atoms with Gasteiger partial charge < -0.3 is 5.73 Å². The second-order valence-corrected chi connectivity index (χ2v) is 2.52. The van der Waals surface area contributed by atoms with E-state index in [9.17, 15) is 0 Å². The number of nitrogens with two attached hydrogens (primary N) is 1. The Morgan fingerprint density at radius 1 is 1.57 bits per heavy atom. The van der Waals surface area contributed by atoms with E-state index in [1.807, 2.05) is 0 Å². The fourth-order valence-corrected chi connectivity index (χ4v) is 1.02. The molecule has 0 saturated carbocycles. The van der Waals surface area contributed by atoms with Crippen LogP contribution >= 0.6 is 0 Å². The second-order valence-electron chi connectivity index (χ2n) is 2.52. The van der Waals surface area contributed by atoms with Crippen LogP contribution in [0.5, 0.6) is 0 Å². The number of allylic oxidation sites excluding steroid dienone is 3. The third-order valence-corrected chi connectivity index (χ3v) is 1.60. The Balaban J connectivity index is 3.07. The molecule has 0 saturated heterocycles. The first kappa shape index (κ1) is 10.1. The Hall–Kier alpha value is -1.97. The summed E-state index contributed by atoms with van der Waals surface area (Å²) >= 11 is 0. The summed E-state index contributed by atoms with van der Waals surface area (Å²) in [6.07, 6.45) is 8.10. The summed E-state index contributed by atoms with van der Waals surface area (Å²) < 4.78 is 0. The van der Waals surface area contributed by atoms with Gasteiger partial charge in [0, 0.05) is 19.4 Å². The molecule has 2 N–H and O–H groups in total. The quantitative estimate of drug-likeness (QED) is 0.566. The minimum Gasteiger partial charge on any atom is -0.397 e. The van der Waals surface area contributed by atoms with Gasteiger partial charge in [-0.1, -0.05) is 12.7 Å². The molecule has 1 heterocycles. The van der Waals surface area contributed by atoms with E-state index in [1.165, 1.54) is 0 Å². The molecule has 0 aromatic carbocycles. The van der Waals surface area contributed by atoms with Crippen molar-refractivity contribution in [3.8, 4) is 0 Å². The lowest BCUT2D eigenvalue weighted by molar-refractivity contribution is 1.17. The molecule has 4 nitrogen and oxygen atoms in total. The highest BCUT2D eigenvalue weighted by molar-refractivity contribution is 6.10. The summed E-state index contributed by atoms with van der Waals surface area (Å²) in [5.41, 5.74) is 7.57. The van der Waals surface area contributed by atoms with Crippen LogP contribution in [0.25, 0.3) is 0 Å². The lowest BCUT2D eigenvalue weighted by Gasteiger charge is -2.03. The molecule has 1 aromatic rings. The van der Waals surface area contributed by atoms with Crippen molar-refractivity contribution in [3.05, 3.63) is 48.7 Å². The molecule has 0 aliphatic carbocycles. The average Bonchev–Trinajstić information content (AvgIpc) is 2.21. The van der Waals surface area contributed by atoms with E-state index >= 15 is 0 Å². The largest absolute Gasteiger partial charge is 0.397 e. The molecule has 0 unspecified atom stereocenters. The number of hydrogen-bond acceptors (Lipinski definition) is 4. The van der Waals surface area contributed by atoms with E-state index in [1.54, 1.807) is 37.8 Å². The lowest BCUT2D eigenvalue weighted by Crippen LogP contribution is -2.14. The average molecular weight is 188 g/mol. The van der Waals surface area contributed by atoms with Crippen LogP contribution < -0.4 is 5.73 Å². The predicted octanol–water partition coefficient (Wildman–Crippen LogP) is 0.924. The van der Waals surface area contributed by atoms with Gasteiger partial charge >= 0.3 is 0 Å². The fraction of sp³-hybridized carbons (Fsp3) is 0.100. The van der Waals surface area contributed by atoms with Crippen molar-refractivity contribution in [2.24, 2.45) is 10.7 Å². The maximum atomic E-state index is 5.76. The maximum Gasteiger partial charge on any atom is 0.109 e. The van der Waals surface area contributed by atoms with Gasteiger partial charge in [0.25, 0.3) is 0 Å². The lowest BCUT2D eigenvalue weighted by atomic mass is 10.2. The Bertz CT molecular complexity index is 365. The Labute approximate surface area is 82.9 Å². The molecule has 14 heavy (non-hydrogen) atoms. The van der Waals surface area contributed by atoms with Crippen molar-refractivity contribution in [2.75, 3.05) is 7.05 Å². The Morgan fingerprint density at radius 2 is 2.36 bits per heavy atom. The number of nitrogens with zero attached hydrogens (tertiary/aromatic N) is 3. The van der Waals surface area contributed by atoms with E-state index in [0.29, 0.717) is 17.1 Å². The molecule has 72 valence electrons. The van der Waals surface area contributed by atoms with Gasteiger partial charge in [-0.2, -0.15) is 0 Å². The van der Waals surface area contributed by atoms with E-state index in [2.05, 4.69) is 21.5 Å². The first-order valence-corrected chi connectivity index (χ1v) is 4.11. The molecule has 0 spiro atoms. The molecule has 1 rings (SSSR count). The summed E-state index contributed by atoms with van der Waals surface area (Å²) in [4.78, 5) is 12.1. The third kappa shape index (κ3) is 2.26. The van der Waals surface area contributed by atoms with Crippen molar-refractivity contribution in [2.45, 2.75) is 0 Å². The van der Waals surface area contributed by atoms with Crippen LogP contribution in [0.1, 0.15) is 5.69 Å². The van der Waals surface area contributed by atoms with Crippen molar-refractivity contribution in [1.29, 1.82) is 0 Å². The van der Waals surface area contributed by atoms with Gasteiger partial charge in [0.05, 0.1) is 11.9 Å². The molecule has 0 fully saturated rings. The highest BCUT2D eigenvalue weighted by atomic mass is 14.8. The molecule has 4 heteroatoms. The molecule has 0 bridgehead atoms. The summed E-state index contributed by atoms with van der Waals surface area (Å²) in [7, 11) is 1.66. The van der Waals surface area contributed by atoms with E-state index in [0.717, 1.165) is 0 Å². The molecular formula is C10H12N4. The smallest absolute Gasteiger partial charge is 0.109 e. The van der Waals surface area contributed by atoms with E-state index < -0.39 is 0 Å².